The summed E-state index contributed by atoms with van der Waals surface area (Å²) in [4.78, 5) is 34.5. The molecule has 1 amide bonds. The number of benzene rings is 2. The average molecular weight is 409 g/mol. The van der Waals surface area contributed by atoms with Crippen molar-refractivity contribution >= 4 is 34.6 Å². The van der Waals surface area contributed by atoms with Crippen LogP contribution in [-0.4, -0.2) is 41.4 Å². The molecule has 0 aliphatic heterocycles. The van der Waals surface area contributed by atoms with E-state index in [0.717, 1.165) is 0 Å². The summed E-state index contributed by atoms with van der Waals surface area (Å²) in [6.07, 6.45) is 0. The van der Waals surface area contributed by atoms with Gasteiger partial charge in [0.2, 0.25) is 5.91 Å². The van der Waals surface area contributed by atoms with Crippen LogP contribution >= 0.6 is 11.6 Å². The Morgan fingerprint density at radius 1 is 1.14 bits per heavy atom. The lowest BCUT2D eigenvalue weighted by molar-refractivity contribution is -0.385. The van der Waals surface area contributed by atoms with E-state index in [4.69, 9.17) is 16.3 Å². The maximum atomic E-state index is 12.3. The smallest absolute Gasteiger partial charge is 0.273 e. The highest BCUT2D eigenvalue weighted by Gasteiger charge is 2.16. The summed E-state index contributed by atoms with van der Waals surface area (Å²) in [5.74, 6) is -0.233. The summed E-state index contributed by atoms with van der Waals surface area (Å²) in [6.45, 7) is 0.171. The molecule has 2 rings (SSSR count). The van der Waals surface area contributed by atoms with Crippen LogP contribution in [0.4, 0.5) is 17.1 Å². The molecule has 2 aromatic rings. The Labute approximate surface area is 165 Å². The number of nitrogens with zero attached hydrogens (tertiary/aromatic N) is 3. The maximum absolute atomic E-state index is 12.3. The summed E-state index contributed by atoms with van der Waals surface area (Å²) in [7, 11) is 2.99. The number of nitro benzene ring substituents is 2. The highest BCUT2D eigenvalue weighted by atomic mass is 35.5. The van der Waals surface area contributed by atoms with Crippen LogP contribution in [0.15, 0.2) is 36.4 Å². The van der Waals surface area contributed by atoms with Gasteiger partial charge < -0.3 is 10.1 Å². The maximum Gasteiger partial charge on any atom is 0.273 e. The number of ether oxygens (including phenoxy) is 1. The first kappa shape index (κ1) is 21.1. The highest BCUT2D eigenvalue weighted by Crippen LogP contribution is 2.29. The number of hydrogen-bond acceptors (Lipinski definition) is 7. The second-order valence-corrected chi connectivity index (χ2v) is 6.30. The quantitative estimate of drug-likeness (QED) is 0.524. The second kappa shape index (κ2) is 9.11. The van der Waals surface area contributed by atoms with E-state index in [1.165, 1.54) is 43.5 Å². The number of hydrogen-bond donors (Lipinski definition) is 1. The van der Waals surface area contributed by atoms with Gasteiger partial charge in [-0.25, -0.2) is 0 Å². The van der Waals surface area contributed by atoms with Crippen LogP contribution in [-0.2, 0) is 11.3 Å². The molecule has 0 spiro atoms. The number of amides is 1. The van der Waals surface area contributed by atoms with Crippen molar-refractivity contribution in [1.29, 1.82) is 0 Å². The SMILES string of the molecule is COc1cc([N+](=O)[O-])ccc1NC(=O)CN(C)Cc1cc([N+](=O)[O-])ccc1Cl. The molecule has 0 unspecified atom stereocenters. The Kier molecular flexibility index (Phi) is 6.85. The monoisotopic (exact) mass is 408 g/mol. The number of rotatable bonds is 8. The van der Waals surface area contributed by atoms with Crippen LogP contribution in [0.2, 0.25) is 5.02 Å². The summed E-state index contributed by atoms with van der Waals surface area (Å²) < 4.78 is 5.07. The first-order valence-electron chi connectivity index (χ1n) is 7.95. The molecule has 0 aliphatic rings. The Balaban J connectivity index is 2.04. The van der Waals surface area contributed by atoms with Crippen LogP contribution in [0.5, 0.6) is 5.75 Å². The minimum Gasteiger partial charge on any atom is -0.494 e. The van der Waals surface area contributed by atoms with Gasteiger partial charge in [-0.1, -0.05) is 11.6 Å². The van der Waals surface area contributed by atoms with E-state index >= 15 is 0 Å². The van der Waals surface area contributed by atoms with E-state index in [-0.39, 0.29) is 30.2 Å². The summed E-state index contributed by atoms with van der Waals surface area (Å²) >= 11 is 6.07. The normalized spacial score (nSPS) is 10.6. The first-order valence-corrected chi connectivity index (χ1v) is 8.32. The molecule has 0 atom stereocenters. The zero-order valence-corrected chi connectivity index (χ0v) is 15.8. The van der Waals surface area contributed by atoms with Gasteiger partial charge in [0.1, 0.15) is 5.75 Å². The molecular formula is C17H17ClN4O6. The van der Waals surface area contributed by atoms with Crippen molar-refractivity contribution in [2.75, 3.05) is 26.0 Å². The van der Waals surface area contributed by atoms with Crippen molar-refractivity contribution < 1.29 is 19.4 Å². The van der Waals surface area contributed by atoms with Gasteiger partial charge >= 0.3 is 0 Å². The molecule has 0 saturated heterocycles. The van der Waals surface area contributed by atoms with Crippen LogP contribution < -0.4 is 10.1 Å². The molecule has 0 saturated carbocycles. The fraction of sp³-hybridized carbons (Fsp3) is 0.235. The Hall–Kier alpha value is -3.24. The van der Waals surface area contributed by atoms with Crippen molar-refractivity contribution in [2.45, 2.75) is 6.54 Å². The van der Waals surface area contributed by atoms with Gasteiger partial charge in [-0.3, -0.25) is 29.9 Å². The van der Waals surface area contributed by atoms with Gasteiger partial charge in [0.15, 0.2) is 0 Å². The van der Waals surface area contributed by atoms with E-state index < -0.39 is 15.8 Å². The van der Waals surface area contributed by atoms with E-state index in [9.17, 15) is 25.0 Å². The molecule has 0 aromatic heterocycles. The van der Waals surface area contributed by atoms with Crippen molar-refractivity contribution in [1.82, 2.24) is 4.90 Å². The average Bonchev–Trinajstić information content (AvgIpc) is 2.63. The van der Waals surface area contributed by atoms with E-state index in [1.807, 2.05) is 0 Å². The predicted molar refractivity (Wildman–Crippen MR) is 103 cm³/mol. The Bertz CT molecular complexity index is 921. The number of nitrogens with one attached hydrogen (secondary N) is 1. The molecule has 0 radical (unpaired) electrons. The Morgan fingerprint density at radius 2 is 1.75 bits per heavy atom. The Morgan fingerprint density at radius 3 is 2.36 bits per heavy atom. The molecule has 148 valence electrons. The number of likely N-dealkylation sites (N-methyl/N-ethyl adjacent to an activating group) is 1. The van der Waals surface area contributed by atoms with Gasteiger partial charge in [0.05, 0.1) is 35.3 Å². The standard InChI is InChI=1S/C17H17ClN4O6/c1-20(9-11-7-12(21(24)25)3-5-14(11)18)10-17(23)19-15-6-4-13(22(26)27)8-16(15)28-2/h3-8H,9-10H2,1-2H3,(H,19,23). The van der Waals surface area contributed by atoms with Crippen molar-refractivity contribution in [3.05, 3.63) is 67.2 Å². The number of carbonyl (C=O) groups excluding carboxylic acids is 1. The van der Waals surface area contributed by atoms with Crippen LogP contribution in [0.25, 0.3) is 0 Å². The fourth-order valence-electron chi connectivity index (χ4n) is 2.47. The fourth-order valence-corrected chi connectivity index (χ4v) is 2.65. The number of carbonyl (C=O) groups is 1. The van der Waals surface area contributed by atoms with Crippen LogP contribution in [0, 0.1) is 20.2 Å². The summed E-state index contributed by atoms with van der Waals surface area (Å²) in [5.41, 5.74) is 0.555. The van der Waals surface area contributed by atoms with Gasteiger partial charge in [-0.05, 0) is 24.7 Å². The largest absolute Gasteiger partial charge is 0.494 e. The van der Waals surface area contributed by atoms with E-state index in [2.05, 4.69) is 5.32 Å². The molecule has 0 aliphatic carbocycles. The van der Waals surface area contributed by atoms with Crippen molar-refractivity contribution in [3.8, 4) is 5.75 Å². The highest BCUT2D eigenvalue weighted by molar-refractivity contribution is 6.31. The third-order valence-corrected chi connectivity index (χ3v) is 4.13. The first-order chi connectivity index (χ1) is 13.2. The van der Waals surface area contributed by atoms with Gasteiger partial charge in [0, 0.05) is 29.8 Å². The van der Waals surface area contributed by atoms with Crippen molar-refractivity contribution in [2.24, 2.45) is 0 Å². The van der Waals surface area contributed by atoms with Crippen LogP contribution in [0.1, 0.15) is 5.56 Å². The van der Waals surface area contributed by atoms with Gasteiger partial charge in [-0.15, -0.1) is 0 Å². The molecule has 11 heteroatoms. The lowest BCUT2D eigenvalue weighted by Gasteiger charge is -2.17. The molecule has 28 heavy (non-hydrogen) atoms. The van der Waals surface area contributed by atoms with Crippen molar-refractivity contribution in [3.63, 3.8) is 0 Å². The number of anilines is 1. The molecule has 10 nitrogen and oxygen atoms in total. The summed E-state index contributed by atoms with van der Waals surface area (Å²) in [5, 5.41) is 24.7. The predicted octanol–water partition coefficient (Wildman–Crippen LogP) is 3.24. The van der Waals surface area contributed by atoms with Crippen LogP contribution in [0.3, 0.4) is 0 Å². The zero-order chi connectivity index (χ0) is 20.8. The second-order valence-electron chi connectivity index (χ2n) is 5.89. The molecule has 2 aromatic carbocycles. The minimum atomic E-state index is -0.565. The molecule has 0 fully saturated rings. The lowest BCUT2D eigenvalue weighted by Crippen LogP contribution is -2.30. The number of nitro groups is 2. The minimum absolute atomic E-state index is 0.0425. The lowest BCUT2D eigenvalue weighted by atomic mass is 10.2. The topological polar surface area (TPSA) is 128 Å². The third kappa shape index (κ3) is 5.38. The number of halogens is 1. The third-order valence-electron chi connectivity index (χ3n) is 3.76. The number of non-ortho nitro benzene ring substituents is 2. The molecule has 0 heterocycles. The van der Waals surface area contributed by atoms with Gasteiger partial charge in [-0.2, -0.15) is 0 Å². The zero-order valence-electron chi connectivity index (χ0n) is 15.0. The molecular weight excluding hydrogens is 392 g/mol. The molecule has 1 N–H and O–H groups in total. The number of methoxy groups -OCH3 is 1. The van der Waals surface area contributed by atoms with E-state index in [1.54, 1.807) is 11.9 Å². The molecule has 0 bridgehead atoms. The summed E-state index contributed by atoms with van der Waals surface area (Å²) in [6, 6.07) is 7.94. The van der Waals surface area contributed by atoms with Gasteiger partial charge in [0.25, 0.3) is 11.4 Å². The van der Waals surface area contributed by atoms with E-state index in [0.29, 0.717) is 16.3 Å².